The van der Waals surface area contributed by atoms with Crippen molar-refractivity contribution in [2.75, 3.05) is 6.54 Å². The summed E-state index contributed by atoms with van der Waals surface area (Å²) < 4.78 is 0. The maximum atomic E-state index is 12.1. The van der Waals surface area contributed by atoms with Gasteiger partial charge in [0.2, 0.25) is 17.7 Å². The first-order valence-electron chi connectivity index (χ1n) is 6.97. The van der Waals surface area contributed by atoms with Crippen LogP contribution < -0.4 is 16.0 Å². The van der Waals surface area contributed by atoms with Crippen molar-refractivity contribution in [3.8, 4) is 0 Å². The molecule has 0 spiro atoms. The molecule has 3 amide bonds. The Bertz CT molecular complexity index is 375. The highest BCUT2D eigenvalue weighted by Crippen LogP contribution is 2.17. The number of piperidine rings is 2. The van der Waals surface area contributed by atoms with Gasteiger partial charge in [-0.3, -0.25) is 19.7 Å². The maximum Gasteiger partial charge on any atom is 0.249 e. The second kappa shape index (κ2) is 6.14. The second-order valence-corrected chi connectivity index (χ2v) is 5.30. The Kier molecular flexibility index (Phi) is 4.52. The number of carbonyl (C=O) groups is 3. The van der Waals surface area contributed by atoms with Gasteiger partial charge in [0.1, 0.15) is 6.04 Å². The molecular formula is C13H21N3O3. The number of hydrogen-bond donors (Lipinski definition) is 3. The lowest BCUT2D eigenvalue weighted by Gasteiger charge is -2.30. The van der Waals surface area contributed by atoms with Crippen LogP contribution >= 0.6 is 0 Å². The van der Waals surface area contributed by atoms with Gasteiger partial charge in [0.15, 0.2) is 0 Å². The monoisotopic (exact) mass is 267 g/mol. The number of hydrogen-bond acceptors (Lipinski definition) is 4. The molecule has 6 nitrogen and oxygen atoms in total. The van der Waals surface area contributed by atoms with E-state index < -0.39 is 6.04 Å². The van der Waals surface area contributed by atoms with E-state index in [0.717, 1.165) is 19.3 Å². The third kappa shape index (κ3) is 3.53. The summed E-state index contributed by atoms with van der Waals surface area (Å²) in [5.41, 5.74) is 0. The number of rotatable bonds is 3. The zero-order valence-corrected chi connectivity index (χ0v) is 11.2. The molecule has 3 N–H and O–H groups in total. The minimum Gasteiger partial charge on any atom is -0.344 e. The summed E-state index contributed by atoms with van der Waals surface area (Å²) in [4.78, 5) is 34.7. The number of imide groups is 1. The molecule has 3 unspecified atom stereocenters. The lowest BCUT2D eigenvalue weighted by molar-refractivity contribution is -0.138. The van der Waals surface area contributed by atoms with Gasteiger partial charge in [-0.15, -0.1) is 0 Å². The van der Waals surface area contributed by atoms with Crippen LogP contribution in [-0.4, -0.2) is 36.3 Å². The van der Waals surface area contributed by atoms with E-state index in [9.17, 15) is 14.4 Å². The lowest BCUT2D eigenvalue weighted by Crippen LogP contribution is -2.55. The third-order valence-corrected chi connectivity index (χ3v) is 3.94. The zero-order chi connectivity index (χ0) is 13.8. The molecule has 6 heteroatoms. The van der Waals surface area contributed by atoms with E-state index in [0.29, 0.717) is 19.0 Å². The SMILES string of the molecule is CCC1CCC(C(=O)NC2CCC(=O)NC2=O)CN1. The summed E-state index contributed by atoms with van der Waals surface area (Å²) >= 11 is 0. The first-order chi connectivity index (χ1) is 9.10. The van der Waals surface area contributed by atoms with Crippen LogP contribution in [0.3, 0.4) is 0 Å². The number of nitrogens with one attached hydrogen (secondary N) is 3. The first kappa shape index (κ1) is 14.0. The van der Waals surface area contributed by atoms with Gasteiger partial charge in [-0.25, -0.2) is 0 Å². The van der Waals surface area contributed by atoms with Crippen molar-refractivity contribution in [3.05, 3.63) is 0 Å². The average Bonchev–Trinajstić information content (AvgIpc) is 2.42. The summed E-state index contributed by atoms with van der Waals surface area (Å²) in [6.45, 7) is 2.79. The fraction of sp³-hybridized carbons (Fsp3) is 0.769. The predicted molar refractivity (Wildman–Crippen MR) is 69.1 cm³/mol. The Balaban J connectivity index is 1.81. The molecule has 19 heavy (non-hydrogen) atoms. The minimum absolute atomic E-state index is 0.0757. The molecule has 2 rings (SSSR count). The zero-order valence-electron chi connectivity index (χ0n) is 11.2. The quantitative estimate of drug-likeness (QED) is 0.612. The van der Waals surface area contributed by atoms with E-state index in [1.165, 1.54) is 0 Å². The van der Waals surface area contributed by atoms with E-state index in [1.807, 2.05) is 0 Å². The van der Waals surface area contributed by atoms with Crippen molar-refractivity contribution in [1.82, 2.24) is 16.0 Å². The number of amides is 3. The van der Waals surface area contributed by atoms with Crippen molar-refractivity contribution in [1.29, 1.82) is 0 Å². The Morgan fingerprint density at radius 3 is 2.68 bits per heavy atom. The van der Waals surface area contributed by atoms with Crippen LogP contribution in [0.5, 0.6) is 0 Å². The summed E-state index contributed by atoms with van der Waals surface area (Å²) in [6, 6.07) is -0.0613. The summed E-state index contributed by atoms with van der Waals surface area (Å²) in [5.74, 6) is -0.815. The van der Waals surface area contributed by atoms with Crippen LogP contribution in [-0.2, 0) is 14.4 Å². The van der Waals surface area contributed by atoms with Gasteiger partial charge in [-0.05, 0) is 25.7 Å². The molecule has 2 fully saturated rings. The minimum atomic E-state index is -0.561. The molecule has 0 bridgehead atoms. The molecule has 2 heterocycles. The van der Waals surface area contributed by atoms with Gasteiger partial charge in [0.25, 0.3) is 0 Å². The molecular weight excluding hydrogens is 246 g/mol. The highest BCUT2D eigenvalue weighted by atomic mass is 16.2. The van der Waals surface area contributed by atoms with Crippen molar-refractivity contribution >= 4 is 17.7 Å². The highest BCUT2D eigenvalue weighted by molar-refractivity contribution is 6.01. The van der Waals surface area contributed by atoms with Crippen molar-refractivity contribution in [3.63, 3.8) is 0 Å². The Morgan fingerprint density at radius 1 is 1.32 bits per heavy atom. The smallest absolute Gasteiger partial charge is 0.249 e. The topological polar surface area (TPSA) is 87.3 Å². The third-order valence-electron chi connectivity index (χ3n) is 3.94. The molecule has 0 aromatic carbocycles. The van der Waals surface area contributed by atoms with Crippen LogP contribution in [0.4, 0.5) is 0 Å². The van der Waals surface area contributed by atoms with Crippen LogP contribution in [0.15, 0.2) is 0 Å². The van der Waals surface area contributed by atoms with E-state index in [2.05, 4.69) is 22.9 Å². The molecule has 0 aromatic rings. The van der Waals surface area contributed by atoms with Gasteiger partial charge >= 0.3 is 0 Å². The molecule has 3 atom stereocenters. The van der Waals surface area contributed by atoms with Crippen molar-refractivity contribution < 1.29 is 14.4 Å². The molecule has 0 saturated carbocycles. The fourth-order valence-corrected chi connectivity index (χ4v) is 2.61. The first-order valence-corrected chi connectivity index (χ1v) is 6.97. The van der Waals surface area contributed by atoms with Crippen LogP contribution in [0.1, 0.15) is 39.0 Å². The van der Waals surface area contributed by atoms with Crippen LogP contribution in [0.2, 0.25) is 0 Å². The second-order valence-electron chi connectivity index (χ2n) is 5.30. The van der Waals surface area contributed by atoms with Gasteiger partial charge in [-0.2, -0.15) is 0 Å². The lowest BCUT2D eigenvalue weighted by atomic mass is 9.92. The predicted octanol–water partition coefficient (Wildman–Crippen LogP) is -0.314. The van der Waals surface area contributed by atoms with Gasteiger partial charge in [-0.1, -0.05) is 6.92 Å². The van der Waals surface area contributed by atoms with Gasteiger partial charge < -0.3 is 10.6 Å². The Hall–Kier alpha value is -1.43. The van der Waals surface area contributed by atoms with Gasteiger partial charge in [0.05, 0.1) is 5.92 Å². The van der Waals surface area contributed by atoms with Crippen molar-refractivity contribution in [2.24, 2.45) is 5.92 Å². The maximum absolute atomic E-state index is 12.1. The number of carbonyl (C=O) groups excluding carboxylic acids is 3. The summed E-state index contributed by atoms with van der Waals surface area (Å²) in [5, 5.41) is 8.33. The van der Waals surface area contributed by atoms with E-state index in [1.54, 1.807) is 0 Å². The molecule has 106 valence electrons. The van der Waals surface area contributed by atoms with Gasteiger partial charge in [0, 0.05) is 19.0 Å². The standard InChI is InChI=1S/C13H21N3O3/c1-2-9-4-3-8(7-14-9)12(18)15-10-5-6-11(17)16-13(10)19/h8-10,14H,2-7H2,1H3,(H,15,18)(H,16,17,19). The molecule has 0 aromatic heterocycles. The summed E-state index contributed by atoms with van der Waals surface area (Å²) in [6.07, 6.45) is 3.60. The molecule has 2 aliphatic rings. The highest BCUT2D eigenvalue weighted by Gasteiger charge is 2.31. The van der Waals surface area contributed by atoms with Crippen LogP contribution in [0, 0.1) is 5.92 Å². The molecule has 0 radical (unpaired) electrons. The van der Waals surface area contributed by atoms with Crippen LogP contribution in [0.25, 0.3) is 0 Å². The Morgan fingerprint density at radius 2 is 2.11 bits per heavy atom. The Labute approximate surface area is 112 Å². The molecule has 0 aliphatic carbocycles. The van der Waals surface area contributed by atoms with E-state index >= 15 is 0 Å². The van der Waals surface area contributed by atoms with E-state index in [-0.39, 0.29) is 30.1 Å². The molecule has 2 saturated heterocycles. The van der Waals surface area contributed by atoms with Crippen molar-refractivity contribution in [2.45, 2.75) is 51.1 Å². The average molecular weight is 267 g/mol. The largest absolute Gasteiger partial charge is 0.344 e. The normalized spacial score (nSPS) is 31.7. The van der Waals surface area contributed by atoms with E-state index in [4.69, 9.17) is 0 Å². The molecule has 2 aliphatic heterocycles. The fourth-order valence-electron chi connectivity index (χ4n) is 2.61. The summed E-state index contributed by atoms with van der Waals surface area (Å²) in [7, 11) is 0.